The Kier molecular flexibility index (Phi) is 8.13. The van der Waals surface area contributed by atoms with Gasteiger partial charge in [0.2, 0.25) is 5.91 Å². The van der Waals surface area contributed by atoms with Crippen molar-refractivity contribution < 1.29 is 9.59 Å². The lowest BCUT2D eigenvalue weighted by atomic mass is 10.2. The summed E-state index contributed by atoms with van der Waals surface area (Å²) < 4.78 is 0. The number of ketones is 1. The molecule has 0 bridgehead atoms. The third-order valence-corrected chi connectivity index (χ3v) is 1.86. The number of carbonyl (C=O) groups is 2. The van der Waals surface area contributed by atoms with Crippen LogP contribution in [0.25, 0.3) is 0 Å². The summed E-state index contributed by atoms with van der Waals surface area (Å²) >= 11 is 0. The summed E-state index contributed by atoms with van der Waals surface area (Å²) in [6.45, 7) is 3.16. The zero-order valence-corrected chi connectivity index (χ0v) is 9.06. The van der Waals surface area contributed by atoms with Crippen molar-refractivity contribution in [1.29, 1.82) is 0 Å². The molecule has 0 atom stereocenters. The fourth-order valence-corrected chi connectivity index (χ4v) is 1.08. The number of hydrogen-bond acceptors (Lipinski definition) is 3. The van der Waals surface area contributed by atoms with E-state index in [4.69, 9.17) is 0 Å². The van der Waals surface area contributed by atoms with Crippen molar-refractivity contribution in [3.8, 4) is 0 Å². The zero-order valence-electron chi connectivity index (χ0n) is 9.06. The number of carbonyl (C=O) groups excluding carboxylic acids is 2. The quantitative estimate of drug-likeness (QED) is 0.560. The van der Waals surface area contributed by atoms with E-state index < -0.39 is 0 Å². The first-order chi connectivity index (χ1) is 6.66. The number of nitrogens with one attached hydrogen (secondary N) is 2. The van der Waals surface area contributed by atoms with Crippen LogP contribution in [0.5, 0.6) is 0 Å². The SMILES string of the molecule is CNCCCNC(=O)CCCC(C)=O. The van der Waals surface area contributed by atoms with Gasteiger partial charge < -0.3 is 15.4 Å². The maximum atomic E-state index is 11.1. The van der Waals surface area contributed by atoms with Crippen molar-refractivity contribution >= 4 is 11.7 Å². The van der Waals surface area contributed by atoms with Crippen LogP contribution in [0.15, 0.2) is 0 Å². The van der Waals surface area contributed by atoms with Gasteiger partial charge >= 0.3 is 0 Å². The topological polar surface area (TPSA) is 58.2 Å². The van der Waals surface area contributed by atoms with Gasteiger partial charge in [-0.25, -0.2) is 0 Å². The van der Waals surface area contributed by atoms with Crippen molar-refractivity contribution in [2.24, 2.45) is 0 Å². The summed E-state index contributed by atoms with van der Waals surface area (Å²) in [7, 11) is 1.88. The van der Waals surface area contributed by atoms with Gasteiger partial charge in [-0.2, -0.15) is 0 Å². The number of Topliss-reactive ketones (excluding diaryl/α,β-unsaturated/α-hetero) is 1. The van der Waals surface area contributed by atoms with Crippen molar-refractivity contribution in [2.75, 3.05) is 20.1 Å². The van der Waals surface area contributed by atoms with E-state index in [0.29, 0.717) is 25.8 Å². The first-order valence-corrected chi connectivity index (χ1v) is 5.07. The molecule has 0 heterocycles. The molecule has 2 N–H and O–H groups in total. The average Bonchev–Trinajstić information content (AvgIpc) is 2.12. The van der Waals surface area contributed by atoms with E-state index in [9.17, 15) is 9.59 Å². The van der Waals surface area contributed by atoms with E-state index >= 15 is 0 Å². The minimum Gasteiger partial charge on any atom is -0.356 e. The summed E-state index contributed by atoms with van der Waals surface area (Å²) in [5, 5.41) is 5.80. The minimum atomic E-state index is 0.0438. The van der Waals surface area contributed by atoms with Crippen LogP contribution in [-0.4, -0.2) is 31.8 Å². The molecular weight excluding hydrogens is 180 g/mol. The molecule has 0 saturated carbocycles. The molecule has 0 aliphatic heterocycles. The largest absolute Gasteiger partial charge is 0.356 e. The molecular formula is C10H20N2O2. The number of amides is 1. The van der Waals surface area contributed by atoms with Crippen LogP contribution in [0.1, 0.15) is 32.6 Å². The van der Waals surface area contributed by atoms with Crippen LogP contribution < -0.4 is 10.6 Å². The Morgan fingerprint density at radius 1 is 1.07 bits per heavy atom. The summed E-state index contributed by atoms with van der Waals surface area (Å²) in [6.07, 6.45) is 2.56. The van der Waals surface area contributed by atoms with Crippen LogP contribution in [0, 0.1) is 0 Å². The predicted octanol–water partition coefficient (Wildman–Crippen LogP) is 0.471. The van der Waals surface area contributed by atoms with Gasteiger partial charge in [0, 0.05) is 19.4 Å². The molecule has 82 valence electrons. The normalized spacial score (nSPS) is 9.86. The fourth-order valence-electron chi connectivity index (χ4n) is 1.08. The van der Waals surface area contributed by atoms with Crippen molar-refractivity contribution in [3.63, 3.8) is 0 Å². The average molecular weight is 200 g/mol. The predicted molar refractivity (Wildman–Crippen MR) is 56.1 cm³/mol. The highest BCUT2D eigenvalue weighted by atomic mass is 16.1. The second-order valence-corrected chi connectivity index (χ2v) is 3.36. The van der Waals surface area contributed by atoms with Crippen LogP contribution in [0.4, 0.5) is 0 Å². The summed E-state index contributed by atoms with van der Waals surface area (Å²) in [5.41, 5.74) is 0. The first-order valence-electron chi connectivity index (χ1n) is 5.07. The summed E-state index contributed by atoms with van der Waals surface area (Å²) in [4.78, 5) is 21.7. The maximum absolute atomic E-state index is 11.1. The van der Waals surface area contributed by atoms with E-state index in [-0.39, 0.29) is 11.7 Å². The molecule has 1 amide bonds. The Morgan fingerprint density at radius 2 is 1.79 bits per heavy atom. The van der Waals surface area contributed by atoms with E-state index in [0.717, 1.165) is 13.0 Å². The van der Waals surface area contributed by atoms with Gasteiger partial charge in [0.25, 0.3) is 0 Å². The van der Waals surface area contributed by atoms with E-state index in [1.54, 1.807) is 6.92 Å². The molecule has 0 saturated heterocycles. The Hall–Kier alpha value is -0.900. The van der Waals surface area contributed by atoms with Crippen molar-refractivity contribution in [3.05, 3.63) is 0 Å². The molecule has 4 nitrogen and oxygen atoms in total. The fraction of sp³-hybridized carbons (Fsp3) is 0.800. The lowest BCUT2D eigenvalue weighted by Gasteiger charge is -2.03. The molecule has 0 aromatic rings. The van der Waals surface area contributed by atoms with Gasteiger partial charge in [-0.3, -0.25) is 4.79 Å². The molecule has 0 aliphatic carbocycles. The van der Waals surface area contributed by atoms with Crippen molar-refractivity contribution in [1.82, 2.24) is 10.6 Å². The minimum absolute atomic E-state index is 0.0438. The Bertz CT molecular complexity index is 181. The molecule has 4 heteroatoms. The monoisotopic (exact) mass is 200 g/mol. The maximum Gasteiger partial charge on any atom is 0.220 e. The van der Waals surface area contributed by atoms with Gasteiger partial charge in [-0.05, 0) is 33.4 Å². The molecule has 0 aliphatic rings. The van der Waals surface area contributed by atoms with Gasteiger partial charge in [0.15, 0.2) is 0 Å². The lowest BCUT2D eigenvalue weighted by Crippen LogP contribution is -2.26. The third kappa shape index (κ3) is 9.19. The van der Waals surface area contributed by atoms with Crippen LogP contribution in [-0.2, 0) is 9.59 Å². The highest BCUT2D eigenvalue weighted by Crippen LogP contribution is 1.95. The Balaban J connectivity index is 3.24. The molecule has 0 rings (SSSR count). The molecule has 0 radical (unpaired) electrons. The second kappa shape index (κ2) is 8.69. The van der Waals surface area contributed by atoms with E-state index in [2.05, 4.69) is 10.6 Å². The summed E-state index contributed by atoms with van der Waals surface area (Å²) in [6, 6.07) is 0. The van der Waals surface area contributed by atoms with Gasteiger partial charge in [-0.1, -0.05) is 0 Å². The molecule has 0 spiro atoms. The first kappa shape index (κ1) is 13.1. The second-order valence-electron chi connectivity index (χ2n) is 3.36. The van der Waals surface area contributed by atoms with Crippen LogP contribution in [0.2, 0.25) is 0 Å². The zero-order chi connectivity index (χ0) is 10.8. The highest BCUT2D eigenvalue weighted by Gasteiger charge is 2.01. The molecule has 0 aromatic heterocycles. The van der Waals surface area contributed by atoms with Crippen LogP contribution >= 0.6 is 0 Å². The van der Waals surface area contributed by atoms with Gasteiger partial charge in [-0.15, -0.1) is 0 Å². The highest BCUT2D eigenvalue weighted by molar-refractivity contribution is 5.78. The van der Waals surface area contributed by atoms with Gasteiger partial charge in [0.05, 0.1) is 0 Å². The Labute approximate surface area is 85.4 Å². The number of rotatable bonds is 8. The van der Waals surface area contributed by atoms with E-state index in [1.165, 1.54) is 0 Å². The van der Waals surface area contributed by atoms with E-state index in [1.807, 2.05) is 7.05 Å². The molecule has 14 heavy (non-hydrogen) atoms. The number of hydrogen-bond donors (Lipinski definition) is 2. The molecule has 0 unspecified atom stereocenters. The standard InChI is InChI=1S/C10H20N2O2/c1-9(13)5-3-6-10(14)12-8-4-7-11-2/h11H,3-8H2,1-2H3,(H,12,14). The lowest BCUT2D eigenvalue weighted by molar-refractivity contribution is -0.121. The van der Waals surface area contributed by atoms with Crippen LogP contribution in [0.3, 0.4) is 0 Å². The molecule has 0 aromatic carbocycles. The van der Waals surface area contributed by atoms with Gasteiger partial charge in [0.1, 0.15) is 5.78 Å². The smallest absolute Gasteiger partial charge is 0.220 e. The van der Waals surface area contributed by atoms with Crippen molar-refractivity contribution in [2.45, 2.75) is 32.6 Å². The summed E-state index contributed by atoms with van der Waals surface area (Å²) in [5.74, 6) is 0.190. The third-order valence-electron chi connectivity index (χ3n) is 1.86. The molecule has 0 fully saturated rings. The Morgan fingerprint density at radius 3 is 2.36 bits per heavy atom.